The molecule has 0 aliphatic rings. The Labute approximate surface area is 100 Å². The molecule has 0 saturated heterocycles. The van der Waals surface area contributed by atoms with Crippen LogP contribution in [0.25, 0.3) is 11.0 Å². The third-order valence-electron chi connectivity index (χ3n) is 2.57. The summed E-state index contributed by atoms with van der Waals surface area (Å²) < 4.78 is 7.32. The number of methoxy groups -OCH3 is 1. The molecular formula is C13H15N3O. The summed E-state index contributed by atoms with van der Waals surface area (Å²) >= 11 is 0. The second kappa shape index (κ2) is 4.46. The first-order valence-electron chi connectivity index (χ1n) is 5.60. The maximum absolute atomic E-state index is 8.86. The van der Waals surface area contributed by atoms with Crippen LogP contribution in [0.4, 0.5) is 0 Å². The van der Waals surface area contributed by atoms with Crippen molar-refractivity contribution >= 4 is 11.0 Å². The van der Waals surface area contributed by atoms with Crippen LogP contribution in [0, 0.1) is 17.2 Å². The Bertz CT molecular complexity index is 578. The van der Waals surface area contributed by atoms with E-state index in [4.69, 9.17) is 10.00 Å². The number of benzene rings is 1. The van der Waals surface area contributed by atoms with Crippen molar-refractivity contribution in [2.45, 2.75) is 20.4 Å². The molecule has 0 fully saturated rings. The highest BCUT2D eigenvalue weighted by Crippen LogP contribution is 2.23. The maximum Gasteiger partial charge on any atom is 0.297 e. The highest BCUT2D eigenvalue weighted by atomic mass is 16.5. The Hall–Kier alpha value is -2.02. The standard InChI is InChI=1S/C13H15N3O/c1-9(2)8-16-12-5-4-10(7-14)6-11(12)15-13(16)17-3/h4-6,9H,8H2,1-3H3. The van der Waals surface area contributed by atoms with Crippen LogP contribution in [-0.2, 0) is 6.54 Å². The zero-order chi connectivity index (χ0) is 12.4. The van der Waals surface area contributed by atoms with Gasteiger partial charge in [0.05, 0.1) is 29.8 Å². The minimum Gasteiger partial charge on any atom is -0.468 e. The summed E-state index contributed by atoms with van der Waals surface area (Å²) in [4.78, 5) is 4.38. The second-order valence-electron chi connectivity index (χ2n) is 4.42. The first-order chi connectivity index (χ1) is 8.15. The molecule has 0 N–H and O–H groups in total. The lowest BCUT2D eigenvalue weighted by Gasteiger charge is -2.09. The average Bonchev–Trinajstić information content (AvgIpc) is 2.65. The first kappa shape index (κ1) is 11.5. The van der Waals surface area contributed by atoms with Crippen LogP contribution in [0.1, 0.15) is 19.4 Å². The Morgan fingerprint density at radius 1 is 1.47 bits per heavy atom. The number of imidazole rings is 1. The normalized spacial score (nSPS) is 10.8. The van der Waals surface area contributed by atoms with Gasteiger partial charge < -0.3 is 4.74 Å². The Morgan fingerprint density at radius 3 is 2.82 bits per heavy atom. The van der Waals surface area contributed by atoms with Crippen molar-refractivity contribution in [1.82, 2.24) is 9.55 Å². The van der Waals surface area contributed by atoms with Crippen LogP contribution in [0.15, 0.2) is 18.2 Å². The van der Waals surface area contributed by atoms with Gasteiger partial charge in [0.15, 0.2) is 0 Å². The van der Waals surface area contributed by atoms with Crippen LogP contribution in [0.2, 0.25) is 0 Å². The van der Waals surface area contributed by atoms with Crippen LogP contribution in [-0.4, -0.2) is 16.7 Å². The zero-order valence-electron chi connectivity index (χ0n) is 10.3. The molecule has 2 aromatic rings. The van der Waals surface area contributed by atoms with Crippen molar-refractivity contribution in [2.24, 2.45) is 5.92 Å². The van der Waals surface area contributed by atoms with Gasteiger partial charge in [-0.15, -0.1) is 0 Å². The van der Waals surface area contributed by atoms with Gasteiger partial charge in [0.1, 0.15) is 0 Å². The molecule has 1 heterocycles. The highest BCUT2D eigenvalue weighted by Gasteiger charge is 2.12. The monoisotopic (exact) mass is 229 g/mol. The molecule has 1 aromatic heterocycles. The molecule has 17 heavy (non-hydrogen) atoms. The summed E-state index contributed by atoms with van der Waals surface area (Å²) in [6.45, 7) is 5.15. The Kier molecular flexibility index (Phi) is 3.01. The second-order valence-corrected chi connectivity index (χ2v) is 4.42. The van der Waals surface area contributed by atoms with E-state index in [1.54, 1.807) is 19.2 Å². The predicted octanol–water partition coefficient (Wildman–Crippen LogP) is 2.57. The van der Waals surface area contributed by atoms with E-state index in [0.717, 1.165) is 17.6 Å². The Morgan fingerprint density at radius 2 is 2.24 bits per heavy atom. The van der Waals surface area contributed by atoms with Crippen LogP contribution >= 0.6 is 0 Å². The average molecular weight is 229 g/mol. The van der Waals surface area contributed by atoms with Gasteiger partial charge in [0.2, 0.25) is 0 Å². The smallest absolute Gasteiger partial charge is 0.297 e. The molecule has 0 aliphatic heterocycles. The van der Waals surface area contributed by atoms with Crippen molar-refractivity contribution in [2.75, 3.05) is 7.11 Å². The molecular weight excluding hydrogens is 214 g/mol. The number of hydrogen-bond donors (Lipinski definition) is 0. The predicted molar refractivity (Wildman–Crippen MR) is 65.8 cm³/mol. The first-order valence-corrected chi connectivity index (χ1v) is 5.60. The SMILES string of the molecule is COc1nc2cc(C#N)ccc2n1CC(C)C. The fourth-order valence-electron chi connectivity index (χ4n) is 1.87. The lowest BCUT2D eigenvalue weighted by molar-refractivity contribution is 0.348. The van der Waals surface area contributed by atoms with E-state index in [2.05, 4.69) is 24.9 Å². The quantitative estimate of drug-likeness (QED) is 0.812. The summed E-state index contributed by atoms with van der Waals surface area (Å²) in [5.41, 5.74) is 2.44. The molecule has 0 unspecified atom stereocenters. The number of nitrogens with zero attached hydrogens (tertiary/aromatic N) is 3. The van der Waals surface area contributed by atoms with E-state index in [9.17, 15) is 0 Å². The van der Waals surface area contributed by atoms with E-state index in [1.807, 2.05) is 10.6 Å². The molecule has 4 nitrogen and oxygen atoms in total. The largest absolute Gasteiger partial charge is 0.468 e. The van der Waals surface area contributed by atoms with Crippen LogP contribution in [0.5, 0.6) is 6.01 Å². The van der Waals surface area contributed by atoms with E-state index >= 15 is 0 Å². The lowest BCUT2D eigenvalue weighted by atomic mass is 10.2. The zero-order valence-corrected chi connectivity index (χ0v) is 10.3. The van der Waals surface area contributed by atoms with Crippen molar-refractivity contribution in [3.8, 4) is 12.1 Å². The van der Waals surface area contributed by atoms with Gasteiger partial charge in [-0.3, -0.25) is 4.57 Å². The number of rotatable bonds is 3. The van der Waals surface area contributed by atoms with Crippen LogP contribution in [0.3, 0.4) is 0 Å². The molecule has 0 radical (unpaired) electrons. The summed E-state index contributed by atoms with van der Waals surface area (Å²) in [6, 6.07) is 8.23. The molecule has 0 amide bonds. The minimum atomic E-state index is 0.511. The van der Waals surface area contributed by atoms with Crippen molar-refractivity contribution in [1.29, 1.82) is 5.26 Å². The molecule has 0 spiro atoms. The van der Waals surface area contributed by atoms with E-state index in [0.29, 0.717) is 17.5 Å². The lowest BCUT2D eigenvalue weighted by Crippen LogP contribution is -2.06. The maximum atomic E-state index is 8.86. The van der Waals surface area contributed by atoms with Gasteiger partial charge >= 0.3 is 0 Å². The topological polar surface area (TPSA) is 50.8 Å². The third-order valence-corrected chi connectivity index (χ3v) is 2.57. The molecule has 4 heteroatoms. The highest BCUT2D eigenvalue weighted by molar-refractivity contribution is 5.78. The number of ether oxygens (including phenoxy) is 1. The summed E-state index contributed by atoms with van der Waals surface area (Å²) in [6.07, 6.45) is 0. The summed E-state index contributed by atoms with van der Waals surface area (Å²) in [5, 5.41) is 8.86. The molecule has 0 aliphatic carbocycles. The van der Waals surface area contributed by atoms with Crippen molar-refractivity contribution < 1.29 is 4.74 Å². The number of fused-ring (bicyclic) bond motifs is 1. The minimum absolute atomic E-state index is 0.511. The van der Waals surface area contributed by atoms with Crippen LogP contribution < -0.4 is 4.74 Å². The van der Waals surface area contributed by atoms with E-state index in [1.165, 1.54) is 0 Å². The Balaban J connectivity index is 2.60. The third kappa shape index (κ3) is 2.09. The number of hydrogen-bond acceptors (Lipinski definition) is 3. The molecule has 0 bridgehead atoms. The fourth-order valence-corrected chi connectivity index (χ4v) is 1.87. The van der Waals surface area contributed by atoms with Gasteiger partial charge in [0.25, 0.3) is 6.01 Å². The van der Waals surface area contributed by atoms with Crippen molar-refractivity contribution in [3.63, 3.8) is 0 Å². The van der Waals surface area contributed by atoms with Gasteiger partial charge in [-0.2, -0.15) is 10.2 Å². The summed E-state index contributed by atoms with van der Waals surface area (Å²) in [7, 11) is 1.61. The fraction of sp³-hybridized carbons (Fsp3) is 0.385. The van der Waals surface area contributed by atoms with E-state index in [-0.39, 0.29) is 0 Å². The van der Waals surface area contributed by atoms with Gasteiger partial charge in [0, 0.05) is 6.54 Å². The number of nitriles is 1. The molecule has 1 aromatic carbocycles. The molecule has 2 rings (SSSR count). The number of aromatic nitrogens is 2. The van der Waals surface area contributed by atoms with Gasteiger partial charge in [-0.1, -0.05) is 13.8 Å². The molecule has 88 valence electrons. The molecule has 0 saturated carbocycles. The van der Waals surface area contributed by atoms with Gasteiger partial charge in [-0.05, 0) is 24.1 Å². The molecule has 0 atom stereocenters. The van der Waals surface area contributed by atoms with Gasteiger partial charge in [-0.25, -0.2) is 0 Å². The van der Waals surface area contributed by atoms with E-state index < -0.39 is 0 Å². The van der Waals surface area contributed by atoms with Crippen molar-refractivity contribution in [3.05, 3.63) is 23.8 Å². The summed E-state index contributed by atoms with van der Waals surface area (Å²) in [5.74, 6) is 0.511.